The van der Waals surface area contributed by atoms with E-state index in [-0.39, 0.29) is 6.61 Å². The van der Waals surface area contributed by atoms with Crippen molar-refractivity contribution in [1.29, 1.82) is 0 Å². The molecule has 0 aromatic carbocycles. The van der Waals surface area contributed by atoms with Crippen molar-refractivity contribution < 1.29 is 5.11 Å². The molecule has 0 amide bonds. The SMILES string of the molecule is CCN(CCO)Cc1sccc1Br. The summed E-state index contributed by atoms with van der Waals surface area (Å²) in [6, 6.07) is 2.06. The highest BCUT2D eigenvalue weighted by Gasteiger charge is 2.06. The lowest BCUT2D eigenvalue weighted by Crippen LogP contribution is -2.25. The van der Waals surface area contributed by atoms with Gasteiger partial charge in [0.15, 0.2) is 0 Å². The predicted molar refractivity (Wildman–Crippen MR) is 60.1 cm³/mol. The number of nitrogens with zero attached hydrogens (tertiary/aromatic N) is 1. The normalized spacial score (nSPS) is 11.1. The van der Waals surface area contributed by atoms with Crippen molar-refractivity contribution in [3.05, 3.63) is 20.8 Å². The Morgan fingerprint density at radius 1 is 1.62 bits per heavy atom. The molecule has 1 N–H and O–H groups in total. The third kappa shape index (κ3) is 3.38. The van der Waals surface area contributed by atoms with Gasteiger partial charge in [-0.15, -0.1) is 11.3 Å². The van der Waals surface area contributed by atoms with E-state index in [9.17, 15) is 0 Å². The first-order valence-electron chi connectivity index (χ1n) is 4.33. The standard InChI is InChI=1S/C9H14BrNOS/c1-2-11(4-5-12)7-9-8(10)3-6-13-9/h3,6,12H,2,4-5,7H2,1H3. The number of aliphatic hydroxyl groups is 1. The van der Waals surface area contributed by atoms with Gasteiger partial charge in [0.1, 0.15) is 0 Å². The maximum atomic E-state index is 8.82. The van der Waals surface area contributed by atoms with Crippen LogP contribution in [0, 0.1) is 0 Å². The number of rotatable bonds is 5. The van der Waals surface area contributed by atoms with Crippen LogP contribution < -0.4 is 0 Å². The van der Waals surface area contributed by atoms with Gasteiger partial charge in [-0.05, 0) is 33.9 Å². The third-order valence-electron chi connectivity index (χ3n) is 1.92. The van der Waals surface area contributed by atoms with Gasteiger partial charge in [-0.25, -0.2) is 0 Å². The summed E-state index contributed by atoms with van der Waals surface area (Å²) in [5.41, 5.74) is 0. The summed E-state index contributed by atoms with van der Waals surface area (Å²) >= 11 is 5.25. The minimum absolute atomic E-state index is 0.233. The number of thiophene rings is 1. The molecular weight excluding hydrogens is 250 g/mol. The lowest BCUT2D eigenvalue weighted by atomic mass is 10.4. The van der Waals surface area contributed by atoms with Gasteiger partial charge < -0.3 is 5.11 Å². The van der Waals surface area contributed by atoms with Crippen LogP contribution in [0.1, 0.15) is 11.8 Å². The fourth-order valence-corrected chi connectivity index (χ4v) is 2.65. The first-order chi connectivity index (χ1) is 6.27. The molecule has 0 aliphatic carbocycles. The van der Waals surface area contributed by atoms with E-state index in [4.69, 9.17) is 5.11 Å². The van der Waals surface area contributed by atoms with E-state index < -0.39 is 0 Å². The summed E-state index contributed by atoms with van der Waals surface area (Å²) < 4.78 is 1.17. The van der Waals surface area contributed by atoms with E-state index in [0.717, 1.165) is 19.6 Å². The number of hydrogen-bond donors (Lipinski definition) is 1. The number of likely N-dealkylation sites (N-methyl/N-ethyl adjacent to an activating group) is 1. The number of aliphatic hydroxyl groups excluding tert-OH is 1. The molecule has 0 saturated heterocycles. The molecular formula is C9H14BrNOS. The fraction of sp³-hybridized carbons (Fsp3) is 0.556. The van der Waals surface area contributed by atoms with Crippen molar-refractivity contribution in [3.63, 3.8) is 0 Å². The van der Waals surface area contributed by atoms with Crippen molar-refractivity contribution in [2.24, 2.45) is 0 Å². The summed E-state index contributed by atoms with van der Waals surface area (Å²) in [5.74, 6) is 0. The topological polar surface area (TPSA) is 23.5 Å². The van der Waals surface area contributed by atoms with Crippen LogP contribution in [0.2, 0.25) is 0 Å². The molecule has 0 saturated carbocycles. The molecule has 1 aromatic rings. The minimum atomic E-state index is 0.233. The van der Waals surface area contributed by atoms with Crippen LogP contribution in [0.15, 0.2) is 15.9 Å². The molecule has 1 rings (SSSR count). The van der Waals surface area contributed by atoms with Gasteiger partial charge in [-0.2, -0.15) is 0 Å². The Labute approximate surface area is 91.3 Å². The molecule has 0 aliphatic rings. The van der Waals surface area contributed by atoms with Crippen molar-refractivity contribution in [2.75, 3.05) is 19.7 Å². The maximum Gasteiger partial charge on any atom is 0.0558 e. The second kappa shape index (κ2) is 5.75. The molecule has 1 heterocycles. The molecule has 0 radical (unpaired) electrons. The summed E-state index contributed by atoms with van der Waals surface area (Å²) in [7, 11) is 0. The first-order valence-corrected chi connectivity index (χ1v) is 6.00. The van der Waals surface area contributed by atoms with Crippen LogP contribution in [-0.4, -0.2) is 29.7 Å². The van der Waals surface area contributed by atoms with Crippen molar-refractivity contribution in [3.8, 4) is 0 Å². The van der Waals surface area contributed by atoms with E-state index >= 15 is 0 Å². The average molecular weight is 264 g/mol. The predicted octanol–water partition coefficient (Wildman–Crippen LogP) is 2.32. The van der Waals surface area contributed by atoms with Gasteiger partial charge in [0.25, 0.3) is 0 Å². The smallest absolute Gasteiger partial charge is 0.0558 e. The number of hydrogen-bond acceptors (Lipinski definition) is 3. The van der Waals surface area contributed by atoms with E-state index in [0.29, 0.717) is 0 Å². The van der Waals surface area contributed by atoms with Crippen LogP contribution in [0.3, 0.4) is 0 Å². The van der Waals surface area contributed by atoms with E-state index in [1.807, 2.05) is 0 Å². The summed E-state index contributed by atoms with van der Waals surface area (Å²) in [5, 5.41) is 10.9. The van der Waals surface area contributed by atoms with Crippen molar-refractivity contribution >= 4 is 27.3 Å². The first kappa shape index (κ1) is 11.2. The second-order valence-electron chi connectivity index (χ2n) is 2.78. The maximum absolute atomic E-state index is 8.82. The minimum Gasteiger partial charge on any atom is -0.395 e. The molecule has 0 unspecified atom stereocenters. The van der Waals surface area contributed by atoms with Gasteiger partial charge in [0, 0.05) is 22.4 Å². The van der Waals surface area contributed by atoms with Crippen LogP contribution >= 0.6 is 27.3 Å². The molecule has 74 valence electrons. The second-order valence-corrected chi connectivity index (χ2v) is 4.64. The Kier molecular flexibility index (Phi) is 4.94. The largest absolute Gasteiger partial charge is 0.395 e. The monoisotopic (exact) mass is 263 g/mol. The molecule has 0 bridgehead atoms. The third-order valence-corrected chi connectivity index (χ3v) is 3.83. The zero-order chi connectivity index (χ0) is 9.68. The van der Waals surface area contributed by atoms with Gasteiger partial charge in [-0.3, -0.25) is 4.90 Å². The zero-order valence-corrected chi connectivity index (χ0v) is 10.1. The molecule has 2 nitrogen and oxygen atoms in total. The Bertz CT molecular complexity index is 252. The molecule has 0 spiro atoms. The molecule has 1 aromatic heterocycles. The van der Waals surface area contributed by atoms with Crippen molar-refractivity contribution in [2.45, 2.75) is 13.5 Å². The van der Waals surface area contributed by atoms with Gasteiger partial charge in [0.2, 0.25) is 0 Å². The zero-order valence-electron chi connectivity index (χ0n) is 7.66. The molecule has 13 heavy (non-hydrogen) atoms. The molecule has 0 fully saturated rings. The average Bonchev–Trinajstić information content (AvgIpc) is 2.51. The van der Waals surface area contributed by atoms with E-state index in [1.165, 1.54) is 9.35 Å². The van der Waals surface area contributed by atoms with Crippen molar-refractivity contribution in [1.82, 2.24) is 4.90 Å². The highest BCUT2D eigenvalue weighted by Crippen LogP contribution is 2.23. The van der Waals surface area contributed by atoms with Crippen LogP contribution in [0.5, 0.6) is 0 Å². The Morgan fingerprint density at radius 3 is 2.85 bits per heavy atom. The van der Waals surface area contributed by atoms with Gasteiger partial charge in [-0.1, -0.05) is 6.92 Å². The fourth-order valence-electron chi connectivity index (χ4n) is 1.13. The van der Waals surface area contributed by atoms with E-state index in [2.05, 4.69) is 39.2 Å². The van der Waals surface area contributed by atoms with Gasteiger partial charge >= 0.3 is 0 Å². The highest BCUT2D eigenvalue weighted by atomic mass is 79.9. The van der Waals surface area contributed by atoms with Crippen LogP contribution in [0.4, 0.5) is 0 Å². The van der Waals surface area contributed by atoms with Crippen LogP contribution in [0.25, 0.3) is 0 Å². The lowest BCUT2D eigenvalue weighted by molar-refractivity contribution is 0.197. The summed E-state index contributed by atoms with van der Waals surface area (Å²) in [6.07, 6.45) is 0. The Balaban J connectivity index is 2.51. The Morgan fingerprint density at radius 2 is 2.38 bits per heavy atom. The quantitative estimate of drug-likeness (QED) is 0.882. The van der Waals surface area contributed by atoms with E-state index in [1.54, 1.807) is 11.3 Å². The molecule has 0 atom stereocenters. The van der Waals surface area contributed by atoms with Crippen LogP contribution in [-0.2, 0) is 6.54 Å². The highest BCUT2D eigenvalue weighted by molar-refractivity contribution is 9.10. The summed E-state index contributed by atoms with van der Waals surface area (Å²) in [4.78, 5) is 3.55. The molecule has 4 heteroatoms. The number of halogens is 1. The Hall–Kier alpha value is 0.100. The molecule has 0 aliphatic heterocycles. The summed E-state index contributed by atoms with van der Waals surface area (Å²) in [6.45, 7) is 5.00. The lowest BCUT2D eigenvalue weighted by Gasteiger charge is -2.18. The van der Waals surface area contributed by atoms with Gasteiger partial charge in [0.05, 0.1) is 6.61 Å².